The second kappa shape index (κ2) is 6.91. The van der Waals surface area contributed by atoms with Crippen LogP contribution < -0.4 is 0 Å². The van der Waals surface area contributed by atoms with E-state index in [9.17, 15) is 0 Å². The molecule has 0 amide bonds. The minimum absolute atomic E-state index is 0.703. The van der Waals surface area contributed by atoms with Gasteiger partial charge in [0, 0.05) is 13.2 Å². The molecular weight excluding hydrogens is 224 g/mol. The van der Waals surface area contributed by atoms with Crippen molar-refractivity contribution in [3.05, 3.63) is 33.4 Å². The Morgan fingerprint density at radius 3 is 1.33 bits per heavy atom. The molecular formula is C16H26O2. The van der Waals surface area contributed by atoms with Crippen LogP contribution in [0.5, 0.6) is 0 Å². The molecule has 0 saturated carbocycles. The van der Waals surface area contributed by atoms with Crippen LogP contribution in [0.3, 0.4) is 0 Å². The monoisotopic (exact) mass is 250 g/mol. The second-order valence-electron chi connectivity index (χ2n) is 4.73. The van der Waals surface area contributed by atoms with Crippen LogP contribution in [0.25, 0.3) is 0 Å². The molecule has 0 spiro atoms. The summed E-state index contributed by atoms with van der Waals surface area (Å²) in [5.41, 5.74) is 8.07. The zero-order valence-corrected chi connectivity index (χ0v) is 12.6. The van der Waals surface area contributed by atoms with E-state index in [1.165, 1.54) is 33.4 Å². The third-order valence-electron chi connectivity index (χ3n) is 3.84. The summed E-state index contributed by atoms with van der Waals surface area (Å²) in [6.45, 7) is 15.7. The molecule has 0 aromatic heterocycles. The normalized spacial score (nSPS) is 11.0. The molecule has 0 N–H and O–H groups in total. The molecule has 0 radical (unpaired) electrons. The zero-order valence-electron chi connectivity index (χ0n) is 12.6. The van der Waals surface area contributed by atoms with Crippen molar-refractivity contribution >= 4 is 0 Å². The highest BCUT2D eigenvalue weighted by Gasteiger charge is 2.14. The van der Waals surface area contributed by atoms with Crippen molar-refractivity contribution in [2.45, 2.75) is 54.8 Å². The third-order valence-corrected chi connectivity index (χ3v) is 3.84. The van der Waals surface area contributed by atoms with Gasteiger partial charge < -0.3 is 9.47 Å². The maximum absolute atomic E-state index is 5.59. The molecule has 2 nitrogen and oxygen atoms in total. The highest BCUT2D eigenvalue weighted by Crippen LogP contribution is 2.27. The fraction of sp³-hybridized carbons (Fsp3) is 0.625. The van der Waals surface area contributed by atoms with Crippen molar-refractivity contribution in [1.82, 2.24) is 0 Å². The van der Waals surface area contributed by atoms with Gasteiger partial charge in [-0.1, -0.05) is 0 Å². The molecule has 0 aliphatic carbocycles. The average molecular weight is 250 g/mol. The minimum atomic E-state index is 0.703. The lowest BCUT2D eigenvalue weighted by atomic mass is 9.89. The Morgan fingerprint density at radius 2 is 1.00 bits per heavy atom. The van der Waals surface area contributed by atoms with Crippen molar-refractivity contribution in [3.63, 3.8) is 0 Å². The summed E-state index contributed by atoms with van der Waals surface area (Å²) in [5.74, 6) is 0. The Kier molecular flexibility index (Phi) is 5.83. The molecule has 2 heteroatoms. The van der Waals surface area contributed by atoms with Gasteiger partial charge in [-0.15, -0.1) is 0 Å². The van der Waals surface area contributed by atoms with E-state index < -0.39 is 0 Å². The van der Waals surface area contributed by atoms with Crippen LogP contribution in [0.2, 0.25) is 0 Å². The molecule has 1 rings (SSSR count). The molecule has 0 unspecified atom stereocenters. The summed E-state index contributed by atoms with van der Waals surface area (Å²) >= 11 is 0. The fourth-order valence-electron chi connectivity index (χ4n) is 2.32. The Morgan fingerprint density at radius 1 is 0.611 bits per heavy atom. The largest absolute Gasteiger partial charge is 0.377 e. The topological polar surface area (TPSA) is 18.5 Å². The lowest BCUT2D eigenvalue weighted by Crippen LogP contribution is -2.08. The van der Waals surface area contributed by atoms with Gasteiger partial charge in [-0.2, -0.15) is 0 Å². The van der Waals surface area contributed by atoms with E-state index in [1.807, 2.05) is 13.8 Å². The minimum Gasteiger partial charge on any atom is -0.377 e. The summed E-state index contributed by atoms with van der Waals surface area (Å²) in [7, 11) is 0. The first-order chi connectivity index (χ1) is 8.54. The smallest absolute Gasteiger partial charge is 0.0722 e. The molecule has 102 valence electrons. The predicted octanol–water partition coefficient (Wildman–Crippen LogP) is 3.99. The van der Waals surface area contributed by atoms with Gasteiger partial charge in [-0.05, 0) is 74.9 Å². The van der Waals surface area contributed by atoms with E-state index in [-0.39, 0.29) is 0 Å². The first-order valence-corrected chi connectivity index (χ1v) is 6.78. The summed E-state index contributed by atoms with van der Waals surface area (Å²) in [6, 6.07) is 0. The number of benzene rings is 1. The van der Waals surface area contributed by atoms with Gasteiger partial charge in [0.15, 0.2) is 0 Å². The van der Waals surface area contributed by atoms with Crippen LogP contribution >= 0.6 is 0 Å². The van der Waals surface area contributed by atoms with E-state index in [0.29, 0.717) is 13.2 Å². The van der Waals surface area contributed by atoms with E-state index >= 15 is 0 Å². The highest BCUT2D eigenvalue weighted by atomic mass is 16.5. The van der Waals surface area contributed by atoms with E-state index in [4.69, 9.17) is 9.47 Å². The summed E-state index contributed by atoms with van der Waals surface area (Å²) in [4.78, 5) is 0. The van der Waals surface area contributed by atoms with Gasteiger partial charge in [0.25, 0.3) is 0 Å². The lowest BCUT2D eigenvalue weighted by molar-refractivity contribution is 0.128. The first kappa shape index (κ1) is 15.2. The Bertz CT molecular complexity index is 373. The quantitative estimate of drug-likeness (QED) is 0.760. The van der Waals surface area contributed by atoms with Crippen molar-refractivity contribution in [1.29, 1.82) is 0 Å². The van der Waals surface area contributed by atoms with Gasteiger partial charge in [0.05, 0.1) is 13.2 Å². The fourth-order valence-corrected chi connectivity index (χ4v) is 2.32. The van der Waals surface area contributed by atoms with Gasteiger partial charge in [0.2, 0.25) is 0 Å². The molecule has 0 heterocycles. The summed E-state index contributed by atoms with van der Waals surface area (Å²) in [5, 5.41) is 0. The maximum atomic E-state index is 5.59. The van der Waals surface area contributed by atoms with Gasteiger partial charge in [0.1, 0.15) is 0 Å². The van der Waals surface area contributed by atoms with Crippen LogP contribution in [0.15, 0.2) is 0 Å². The molecule has 0 fully saturated rings. The Labute approximate surface area is 111 Å². The highest BCUT2D eigenvalue weighted by molar-refractivity contribution is 5.49. The molecule has 0 aliphatic heterocycles. The van der Waals surface area contributed by atoms with Crippen LogP contribution in [0.1, 0.15) is 47.2 Å². The van der Waals surface area contributed by atoms with Gasteiger partial charge in [-0.25, -0.2) is 0 Å². The molecule has 18 heavy (non-hydrogen) atoms. The van der Waals surface area contributed by atoms with Crippen molar-refractivity contribution in [2.24, 2.45) is 0 Å². The van der Waals surface area contributed by atoms with Gasteiger partial charge >= 0.3 is 0 Å². The van der Waals surface area contributed by atoms with Crippen molar-refractivity contribution < 1.29 is 9.47 Å². The lowest BCUT2D eigenvalue weighted by Gasteiger charge is -2.20. The van der Waals surface area contributed by atoms with Crippen LogP contribution in [-0.2, 0) is 22.7 Å². The van der Waals surface area contributed by atoms with E-state index in [2.05, 4.69) is 27.7 Å². The Hall–Kier alpha value is -0.860. The predicted molar refractivity (Wildman–Crippen MR) is 76.1 cm³/mol. The standard InChI is InChI=1S/C16H26O2/c1-7-17-9-15-12(4)11(3)13(5)16(14(15)6)10-18-8-2/h7-10H2,1-6H3. The van der Waals surface area contributed by atoms with Crippen LogP contribution in [0, 0.1) is 27.7 Å². The third kappa shape index (κ3) is 3.12. The van der Waals surface area contributed by atoms with E-state index in [0.717, 1.165) is 13.2 Å². The average Bonchev–Trinajstić information content (AvgIpc) is 2.36. The van der Waals surface area contributed by atoms with Gasteiger partial charge in [-0.3, -0.25) is 0 Å². The van der Waals surface area contributed by atoms with Crippen molar-refractivity contribution in [3.8, 4) is 0 Å². The SMILES string of the molecule is CCOCc1c(C)c(C)c(C)c(COCC)c1C. The van der Waals surface area contributed by atoms with E-state index in [1.54, 1.807) is 0 Å². The molecule has 0 bridgehead atoms. The van der Waals surface area contributed by atoms with Crippen molar-refractivity contribution in [2.75, 3.05) is 13.2 Å². The molecule has 1 aromatic rings. The number of hydrogen-bond acceptors (Lipinski definition) is 2. The molecule has 1 aromatic carbocycles. The molecule has 0 atom stereocenters. The molecule has 0 saturated heterocycles. The number of hydrogen-bond donors (Lipinski definition) is 0. The summed E-state index contributed by atoms with van der Waals surface area (Å²) in [6.07, 6.45) is 0. The number of rotatable bonds is 6. The zero-order chi connectivity index (χ0) is 13.7. The number of ether oxygens (including phenoxy) is 2. The Balaban J connectivity index is 3.21. The van der Waals surface area contributed by atoms with Crippen LogP contribution in [-0.4, -0.2) is 13.2 Å². The first-order valence-electron chi connectivity index (χ1n) is 6.78. The maximum Gasteiger partial charge on any atom is 0.0722 e. The molecule has 0 aliphatic rings. The summed E-state index contributed by atoms with van der Waals surface area (Å²) < 4.78 is 11.2. The van der Waals surface area contributed by atoms with Crippen LogP contribution in [0.4, 0.5) is 0 Å². The second-order valence-corrected chi connectivity index (χ2v) is 4.73.